The molecule has 2 N–H and O–H groups in total. The van der Waals surface area contributed by atoms with Crippen molar-refractivity contribution in [3.8, 4) is 0 Å². The first-order chi connectivity index (χ1) is 8.79. The smallest absolute Gasteiger partial charge is 0.320 e. The van der Waals surface area contributed by atoms with Gasteiger partial charge in [0.15, 0.2) is 0 Å². The maximum absolute atomic E-state index is 12.7. The molecule has 0 amide bonds. The Kier molecular flexibility index (Phi) is 4.03. The van der Waals surface area contributed by atoms with Crippen LogP contribution < -0.4 is 5.73 Å². The average Bonchev–Trinajstić information content (AvgIpc) is 2.66. The monoisotopic (exact) mass is 349 g/mol. The molecule has 6 heteroatoms. The highest BCUT2D eigenvalue weighted by Gasteiger charge is 2.31. The topological polar surface area (TPSA) is 26.0 Å². The molecule has 0 spiro atoms. The summed E-state index contributed by atoms with van der Waals surface area (Å²) in [5.74, 6) is 0. The third-order valence-corrected chi connectivity index (χ3v) is 4.40. The van der Waals surface area contributed by atoms with E-state index in [9.17, 15) is 13.2 Å². The fraction of sp³-hybridized carbons (Fsp3) is 0.231. The van der Waals surface area contributed by atoms with Crippen LogP contribution in [-0.4, -0.2) is 0 Å². The number of hydrogen-bond acceptors (Lipinski definition) is 2. The number of halogens is 4. The minimum Gasteiger partial charge on any atom is -0.320 e. The van der Waals surface area contributed by atoms with Crippen molar-refractivity contribution in [3.63, 3.8) is 0 Å². The van der Waals surface area contributed by atoms with Crippen LogP contribution in [0.15, 0.2) is 34.1 Å². The molecule has 1 unspecified atom stereocenters. The molecule has 0 aliphatic rings. The molecular formula is C13H11BrF3NS. The second-order valence-electron chi connectivity index (χ2n) is 4.16. The van der Waals surface area contributed by atoms with E-state index in [1.54, 1.807) is 6.07 Å². The summed E-state index contributed by atoms with van der Waals surface area (Å²) in [6.45, 7) is 1.90. The lowest BCUT2D eigenvalue weighted by Crippen LogP contribution is -2.14. The molecule has 0 bridgehead atoms. The molecule has 0 aliphatic carbocycles. The molecule has 1 aromatic heterocycles. The van der Waals surface area contributed by atoms with Gasteiger partial charge in [0.2, 0.25) is 0 Å². The van der Waals surface area contributed by atoms with Crippen LogP contribution in [0.2, 0.25) is 0 Å². The highest BCUT2D eigenvalue weighted by molar-refractivity contribution is 9.11. The molecule has 19 heavy (non-hydrogen) atoms. The summed E-state index contributed by atoms with van der Waals surface area (Å²) in [6, 6.07) is 6.46. The molecule has 2 aromatic rings. The Balaban J connectivity index is 2.39. The summed E-state index contributed by atoms with van der Waals surface area (Å²) in [5.41, 5.74) is 6.69. The molecular weight excluding hydrogens is 339 g/mol. The lowest BCUT2D eigenvalue weighted by Gasteiger charge is -2.14. The lowest BCUT2D eigenvalue weighted by molar-refractivity contribution is -0.137. The SMILES string of the molecule is Cc1sc(Br)cc1C(N)c1cccc(C(F)(F)F)c1. The second kappa shape index (κ2) is 5.26. The van der Waals surface area contributed by atoms with Gasteiger partial charge in [-0.15, -0.1) is 11.3 Å². The Labute approximate surface area is 121 Å². The quantitative estimate of drug-likeness (QED) is 0.820. The van der Waals surface area contributed by atoms with Crippen LogP contribution in [-0.2, 0) is 6.18 Å². The lowest BCUT2D eigenvalue weighted by atomic mass is 9.98. The third kappa shape index (κ3) is 3.19. The Hall–Kier alpha value is -0.850. The zero-order chi connectivity index (χ0) is 14.2. The Morgan fingerprint density at radius 1 is 1.26 bits per heavy atom. The minimum absolute atomic E-state index is 0.461. The van der Waals surface area contributed by atoms with Crippen molar-refractivity contribution in [1.29, 1.82) is 0 Å². The van der Waals surface area contributed by atoms with E-state index < -0.39 is 17.8 Å². The number of alkyl halides is 3. The summed E-state index contributed by atoms with van der Waals surface area (Å²) < 4.78 is 38.9. The molecule has 0 fully saturated rings. The molecule has 0 aliphatic heterocycles. The van der Waals surface area contributed by atoms with Crippen LogP contribution in [0.1, 0.15) is 27.6 Å². The zero-order valence-corrected chi connectivity index (χ0v) is 12.4. The number of aryl methyl sites for hydroxylation is 1. The minimum atomic E-state index is -4.35. The van der Waals surface area contributed by atoms with E-state index >= 15 is 0 Å². The maximum Gasteiger partial charge on any atom is 0.416 e. The number of thiophene rings is 1. The number of benzene rings is 1. The Morgan fingerprint density at radius 2 is 1.95 bits per heavy atom. The van der Waals surface area contributed by atoms with Crippen LogP contribution >= 0.6 is 27.3 Å². The number of rotatable bonds is 2. The van der Waals surface area contributed by atoms with Crippen molar-refractivity contribution in [2.24, 2.45) is 5.73 Å². The van der Waals surface area contributed by atoms with Gasteiger partial charge in [-0.05, 0) is 52.2 Å². The normalized spacial score (nSPS) is 13.6. The number of nitrogens with two attached hydrogens (primary N) is 1. The summed E-state index contributed by atoms with van der Waals surface area (Å²) in [6.07, 6.45) is -4.35. The van der Waals surface area contributed by atoms with Crippen LogP contribution in [0.5, 0.6) is 0 Å². The van der Waals surface area contributed by atoms with E-state index in [4.69, 9.17) is 5.73 Å². The van der Waals surface area contributed by atoms with E-state index in [-0.39, 0.29) is 0 Å². The van der Waals surface area contributed by atoms with Crippen LogP contribution in [0.3, 0.4) is 0 Å². The average molecular weight is 350 g/mol. The van der Waals surface area contributed by atoms with Gasteiger partial charge in [-0.1, -0.05) is 12.1 Å². The van der Waals surface area contributed by atoms with Gasteiger partial charge in [0, 0.05) is 4.88 Å². The van der Waals surface area contributed by atoms with Gasteiger partial charge in [-0.3, -0.25) is 0 Å². The molecule has 1 heterocycles. The molecule has 0 radical (unpaired) electrons. The fourth-order valence-electron chi connectivity index (χ4n) is 1.86. The summed E-state index contributed by atoms with van der Waals surface area (Å²) in [7, 11) is 0. The zero-order valence-electron chi connectivity index (χ0n) is 9.96. The molecule has 0 saturated heterocycles. The highest BCUT2D eigenvalue weighted by atomic mass is 79.9. The van der Waals surface area contributed by atoms with Crippen LogP contribution in [0.25, 0.3) is 0 Å². The van der Waals surface area contributed by atoms with Gasteiger partial charge in [-0.2, -0.15) is 13.2 Å². The van der Waals surface area contributed by atoms with Crippen molar-refractivity contribution in [3.05, 3.63) is 55.7 Å². The summed E-state index contributed by atoms with van der Waals surface area (Å²) in [5, 5.41) is 0. The molecule has 0 saturated carbocycles. The fourth-order valence-corrected chi connectivity index (χ4v) is 3.61. The van der Waals surface area contributed by atoms with E-state index in [1.807, 2.05) is 13.0 Å². The van der Waals surface area contributed by atoms with E-state index in [0.717, 1.165) is 26.4 Å². The van der Waals surface area contributed by atoms with Crippen LogP contribution in [0, 0.1) is 6.92 Å². The molecule has 1 nitrogen and oxygen atoms in total. The number of hydrogen-bond donors (Lipinski definition) is 1. The first-order valence-electron chi connectivity index (χ1n) is 5.47. The van der Waals surface area contributed by atoms with Gasteiger partial charge in [-0.25, -0.2) is 0 Å². The predicted octanol–water partition coefficient (Wildman–Crippen LogP) is 4.89. The third-order valence-electron chi connectivity index (χ3n) is 2.83. The molecule has 2 rings (SSSR count). The van der Waals surface area contributed by atoms with Crippen molar-refractivity contribution in [2.75, 3.05) is 0 Å². The van der Waals surface area contributed by atoms with Gasteiger partial charge >= 0.3 is 6.18 Å². The van der Waals surface area contributed by atoms with Gasteiger partial charge in [0.25, 0.3) is 0 Å². The van der Waals surface area contributed by atoms with Crippen LogP contribution in [0.4, 0.5) is 13.2 Å². The Bertz CT molecular complexity index is 592. The van der Waals surface area contributed by atoms with Gasteiger partial charge < -0.3 is 5.73 Å². The van der Waals surface area contributed by atoms with E-state index in [1.165, 1.54) is 17.4 Å². The van der Waals surface area contributed by atoms with Crippen molar-refractivity contribution >= 4 is 27.3 Å². The van der Waals surface area contributed by atoms with Gasteiger partial charge in [0.1, 0.15) is 0 Å². The first-order valence-corrected chi connectivity index (χ1v) is 7.08. The largest absolute Gasteiger partial charge is 0.416 e. The Morgan fingerprint density at radius 3 is 2.47 bits per heavy atom. The van der Waals surface area contributed by atoms with Crippen molar-refractivity contribution in [2.45, 2.75) is 19.1 Å². The van der Waals surface area contributed by atoms with Gasteiger partial charge in [0.05, 0.1) is 15.4 Å². The summed E-state index contributed by atoms with van der Waals surface area (Å²) in [4.78, 5) is 0.997. The molecule has 1 atom stereocenters. The highest BCUT2D eigenvalue weighted by Crippen LogP contribution is 2.35. The second-order valence-corrected chi connectivity index (χ2v) is 6.80. The van der Waals surface area contributed by atoms with E-state index in [2.05, 4.69) is 15.9 Å². The predicted molar refractivity (Wildman–Crippen MR) is 74.2 cm³/mol. The summed E-state index contributed by atoms with van der Waals surface area (Å²) >= 11 is 4.87. The maximum atomic E-state index is 12.7. The first kappa shape index (κ1) is 14.6. The molecule has 102 valence electrons. The molecule has 1 aromatic carbocycles. The van der Waals surface area contributed by atoms with Crippen molar-refractivity contribution < 1.29 is 13.2 Å². The standard InChI is InChI=1S/C13H11BrF3NS/c1-7-10(6-11(14)19-7)12(18)8-3-2-4-9(5-8)13(15,16)17/h2-6,12H,18H2,1H3. The van der Waals surface area contributed by atoms with Crippen molar-refractivity contribution in [1.82, 2.24) is 0 Å². The van der Waals surface area contributed by atoms with E-state index in [0.29, 0.717) is 5.56 Å².